The van der Waals surface area contributed by atoms with E-state index >= 15 is 0 Å². The summed E-state index contributed by atoms with van der Waals surface area (Å²) in [5.74, 6) is 0.585. The molecule has 110 valence electrons. The average molecular weight is 288 g/mol. The number of methoxy groups -OCH3 is 1. The van der Waals surface area contributed by atoms with E-state index in [0.29, 0.717) is 23.2 Å². The minimum Gasteiger partial charge on any atom is -0.507 e. The number of phenolic OH excluding ortho intramolecular Hbond substituents is 1. The first kappa shape index (κ1) is 16.4. The number of hydrogen-bond donors (Lipinski definition) is 1. The van der Waals surface area contributed by atoms with E-state index in [4.69, 9.17) is 14.6 Å². The molecule has 0 atom stereocenters. The summed E-state index contributed by atoms with van der Waals surface area (Å²) < 4.78 is 9.83. The van der Waals surface area contributed by atoms with Gasteiger partial charge in [-0.25, -0.2) is 0 Å². The number of aldehydes is 2. The second-order valence-corrected chi connectivity index (χ2v) is 3.88. The number of hydrogen-bond acceptors (Lipinski definition) is 5. The van der Waals surface area contributed by atoms with Crippen LogP contribution in [-0.4, -0.2) is 31.6 Å². The summed E-state index contributed by atoms with van der Waals surface area (Å²) in [4.78, 5) is 20.5. The van der Waals surface area contributed by atoms with Gasteiger partial charge in [-0.3, -0.25) is 9.59 Å². The zero-order valence-electron chi connectivity index (χ0n) is 11.6. The Morgan fingerprint density at radius 2 is 1.52 bits per heavy atom. The first-order chi connectivity index (χ1) is 10.2. The quantitative estimate of drug-likeness (QED) is 0.676. The van der Waals surface area contributed by atoms with E-state index in [1.165, 1.54) is 13.2 Å². The van der Waals surface area contributed by atoms with Gasteiger partial charge < -0.3 is 14.6 Å². The number of para-hydroxylation sites is 2. The van der Waals surface area contributed by atoms with Gasteiger partial charge in [0.15, 0.2) is 19.4 Å². The maximum absolute atomic E-state index is 10.5. The smallest absolute Gasteiger partial charge is 0.188 e. The van der Waals surface area contributed by atoms with Crippen LogP contribution in [0.4, 0.5) is 0 Å². The predicted molar refractivity (Wildman–Crippen MR) is 77.8 cm³/mol. The van der Waals surface area contributed by atoms with Crippen LogP contribution in [0.2, 0.25) is 0 Å². The fourth-order valence-corrected chi connectivity index (χ4v) is 1.42. The Morgan fingerprint density at radius 3 is 2.05 bits per heavy atom. The maximum atomic E-state index is 10.5. The SMILES string of the molecule is COCOc1ccccc1C=O.O=Cc1ccccc1O. The Morgan fingerprint density at radius 1 is 0.952 bits per heavy atom. The van der Waals surface area contributed by atoms with Crippen LogP contribution in [0.3, 0.4) is 0 Å². The van der Waals surface area contributed by atoms with Crippen molar-refractivity contribution in [2.24, 2.45) is 0 Å². The molecule has 0 aromatic heterocycles. The Balaban J connectivity index is 0.000000219. The first-order valence-corrected chi connectivity index (χ1v) is 6.12. The van der Waals surface area contributed by atoms with Gasteiger partial charge in [0.1, 0.15) is 11.5 Å². The summed E-state index contributed by atoms with van der Waals surface area (Å²) in [6, 6.07) is 13.4. The number of rotatable bonds is 5. The molecule has 0 saturated carbocycles. The molecule has 5 heteroatoms. The van der Waals surface area contributed by atoms with Gasteiger partial charge in [-0.05, 0) is 24.3 Å². The molecule has 0 spiro atoms. The lowest BCUT2D eigenvalue weighted by Crippen LogP contribution is -2.00. The van der Waals surface area contributed by atoms with E-state index in [1.54, 1.807) is 42.5 Å². The molecule has 2 aromatic carbocycles. The van der Waals surface area contributed by atoms with Crippen molar-refractivity contribution in [3.05, 3.63) is 59.7 Å². The average Bonchev–Trinajstić information content (AvgIpc) is 2.54. The van der Waals surface area contributed by atoms with Gasteiger partial charge in [-0.1, -0.05) is 24.3 Å². The zero-order chi connectivity index (χ0) is 15.5. The van der Waals surface area contributed by atoms with Crippen LogP contribution < -0.4 is 4.74 Å². The second-order valence-electron chi connectivity index (χ2n) is 3.88. The molecule has 0 heterocycles. The first-order valence-electron chi connectivity index (χ1n) is 6.12. The highest BCUT2D eigenvalue weighted by atomic mass is 16.7. The van der Waals surface area contributed by atoms with Crippen molar-refractivity contribution in [3.63, 3.8) is 0 Å². The molecule has 0 fully saturated rings. The molecular formula is C16H16O5. The van der Waals surface area contributed by atoms with Gasteiger partial charge >= 0.3 is 0 Å². The molecule has 2 rings (SSSR count). The van der Waals surface area contributed by atoms with E-state index in [2.05, 4.69) is 0 Å². The molecule has 0 unspecified atom stereocenters. The molecule has 5 nitrogen and oxygen atoms in total. The summed E-state index contributed by atoms with van der Waals surface area (Å²) in [6.45, 7) is 0.158. The van der Waals surface area contributed by atoms with Gasteiger partial charge in [0.25, 0.3) is 0 Å². The molecule has 0 aliphatic carbocycles. The van der Waals surface area contributed by atoms with Crippen LogP contribution in [0, 0.1) is 0 Å². The minimum absolute atomic E-state index is 0.0347. The summed E-state index contributed by atoms with van der Waals surface area (Å²) in [5, 5.41) is 8.88. The van der Waals surface area contributed by atoms with E-state index in [0.717, 1.165) is 6.29 Å². The lowest BCUT2D eigenvalue weighted by molar-refractivity contribution is 0.0505. The summed E-state index contributed by atoms with van der Waals surface area (Å²) in [6.07, 6.45) is 1.38. The van der Waals surface area contributed by atoms with Crippen molar-refractivity contribution in [2.45, 2.75) is 0 Å². The molecule has 0 aliphatic heterocycles. The number of aromatic hydroxyl groups is 1. The molecular weight excluding hydrogens is 272 g/mol. The maximum Gasteiger partial charge on any atom is 0.188 e. The predicted octanol–water partition coefficient (Wildman–Crippen LogP) is 2.69. The van der Waals surface area contributed by atoms with Crippen LogP contribution in [0.1, 0.15) is 20.7 Å². The largest absolute Gasteiger partial charge is 0.507 e. The fourth-order valence-electron chi connectivity index (χ4n) is 1.42. The minimum atomic E-state index is 0.0347. The van der Waals surface area contributed by atoms with E-state index in [9.17, 15) is 9.59 Å². The highest BCUT2D eigenvalue weighted by Gasteiger charge is 1.99. The normalized spacial score (nSPS) is 9.19. The molecule has 1 N–H and O–H groups in total. The van der Waals surface area contributed by atoms with Crippen LogP contribution in [-0.2, 0) is 4.74 Å². The van der Waals surface area contributed by atoms with Gasteiger partial charge in [0.2, 0.25) is 0 Å². The van der Waals surface area contributed by atoms with E-state index < -0.39 is 0 Å². The number of ether oxygens (including phenoxy) is 2. The second kappa shape index (κ2) is 9.28. The van der Waals surface area contributed by atoms with Crippen LogP contribution in [0.5, 0.6) is 11.5 Å². The van der Waals surface area contributed by atoms with Crippen molar-refractivity contribution < 1.29 is 24.2 Å². The van der Waals surface area contributed by atoms with Gasteiger partial charge in [-0.15, -0.1) is 0 Å². The highest BCUT2D eigenvalue weighted by molar-refractivity contribution is 5.79. The molecule has 0 aliphatic rings. The molecule has 2 aromatic rings. The van der Waals surface area contributed by atoms with Crippen molar-refractivity contribution in [2.75, 3.05) is 13.9 Å². The topological polar surface area (TPSA) is 72.8 Å². The van der Waals surface area contributed by atoms with Gasteiger partial charge in [-0.2, -0.15) is 0 Å². The molecule has 0 amide bonds. The Labute approximate surface area is 122 Å². The monoisotopic (exact) mass is 288 g/mol. The van der Waals surface area contributed by atoms with Crippen LogP contribution in [0.25, 0.3) is 0 Å². The summed E-state index contributed by atoms with van der Waals surface area (Å²) >= 11 is 0. The number of carbonyl (C=O) groups is 2. The lowest BCUT2D eigenvalue weighted by Gasteiger charge is -2.05. The Bertz CT molecular complexity index is 580. The van der Waals surface area contributed by atoms with E-state index in [1.807, 2.05) is 0 Å². The summed E-state index contributed by atoms with van der Waals surface area (Å²) in [7, 11) is 1.53. The number of carbonyl (C=O) groups excluding carboxylic acids is 2. The standard InChI is InChI=1S/C9H10O3.C7H6O2/c1-11-7-12-9-5-3-2-4-8(9)6-10;8-5-6-3-1-2-4-7(6)9/h2-6H,7H2,1H3;1-5,9H. The molecule has 0 radical (unpaired) electrons. The third-order valence-electron chi connectivity index (χ3n) is 2.44. The van der Waals surface area contributed by atoms with Crippen LogP contribution in [0.15, 0.2) is 48.5 Å². The molecule has 0 saturated heterocycles. The number of benzene rings is 2. The Hall–Kier alpha value is -2.66. The lowest BCUT2D eigenvalue weighted by atomic mass is 10.2. The van der Waals surface area contributed by atoms with Crippen LogP contribution >= 0.6 is 0 Å². The van der Waals surface area contributed by atoms with E-state index in [-0.39, 0.29) is 12.5 Å². The molecule has 21 heavy (non-hydrogen) atoms. The van der Waals surface area contributed by atoms with Crippen molar-refractivity contribution in [1.29, 1.82) is 0 Å². The van der Waals surface area contributed by atoms with Gasteiger partial charge in [0.05, 0.1) is 11.1 Å². The van der Waals surface area contributed by atoms with Crippen molar-refractivity contribution in [3.8, 4) is 11.5 Å². The summed E-state index contributed by atoms with van der Waals surface area (Å²) in [5.41, 5.74) is 0.868. The highest BCUT2D eigenvalue weighted by Crippen LogP contribution is 2.15. The van der Waals surface area contributed by atoms with Crippen molar-refractivity contribution in [1.82, 2.24) is 0 Å². The zero-order valence-corrected chi connectivity index (χ0v) is 11.6. The number of phenols is 1. The third kappa shape index (κ3) is 5.46. The van der Waals surface area contributed by atoms with Gasteiger partial charge in [0, 0.05) is 7.11 Å². The Kier molecular flexibility index (Phi) is 7.24. The molecule has 0 bridgehead atoms. The fraction of sp³-hybridized carbons (Fsp3) is 0.125. The third-order valence-corrected chi connectivity index (χ3v) is 2.44. The van der Waals surface area contributed by atoms with Crippen molar-refractivity contribution >= 4 is 12.6 Å².